The van der Waals surface area contributed by atoms with E-state index in [1.54, 1.807) is 36.4 Å². The average Bonchev–Trinajstić information content (AvgIpc) is 3.88. The Morgan fingerprint density at radius 3 is 1.47 bits per heavy atom. The number of alkyl halides is 9. The summed E-state index contributed by atoms with van der Waals surface area (Å²) in [7, 11) is 0. The number of halogens is 9. The van der Waals surface area contributed by atoms with E-state index in [0.29, 0.717) is 34.7 Å². The Labute approximate surface area is 449 Å². The molecule has 79 heavy (non-hydrogen) atoms. The van der Waals surface area contributed by atoms with Crippen molar-refractivity contribution in [3.05, 3.63) is 129 Å². The van der Waals surface area contributed by atoms with Crippen LogP contribution in [0.1, 0.15) is 109 Å². The number of unbranched alkanes of at least 4 members (excludes halogenated alkanes) is 4. The molecule has 2 aromatic heterocycles. The Morgan fingerprint density at radius 2 is 1.05 bits per heavy atom. The van der Waals surface area contributed by atoms with E-state index < -0.39 is 71.9 Å². The van der Waals surface area contributed by atoms with Gasteiger partial charge in [-0.25, -0.2) is 14.4 Å². The highest BCUT2D eigenvalue weighted by atomic mass is 19.4. The highest BCUT2D eigenvalue weighted by molar-refractivity contribution is 5.87. The molecule has 0 bridgehead atoms. The van der Waals surface area contributed by atoms with Crippen molar-refractivity contribution in [3.63, 3.8) is 0 Å². The van der Waals surface area contributed by atoms with Gasteiger partial charge < -0.3 is 37.3 Å². The maximum Gasteiger partial charge on any atom is 0.573 e. The minimum Gasteiger partial charge on any atom is -0.493 e. The van der Waals surface area contributed by atoms with Gasteiger partial charge in [-0.15, -0.1) is 26.3 Å². The molecule has 2 heterocycles. The normalized spacial score (nSPS) is 15.9. The minimum absolute atomic E-state index is 0.0319. The third-order valence-electron chi connectivity index (χ3n) is 13.4. The Bertz CT molecular complexity index is 3000. The lowest BCUT2D eigenvalue weighted by atomic mass is 10.00. The van der Waals surface area contributed by atoms with E-state index in [-0.39, 0.29) is 102 Å². The third-order valence-corrected chi connectivity index (χ3v) is 13.4. The van der Waals surface area contributed by atoms with E-state index in [2.05, 4.69) is 16.1 Å². The fourth-order valence-corrected chi connectivity index (χ4v) is 9.61. The van der Waals surface area contributed by atoms with E-state index in [1.807, 2.05) is 13.8 Å². The zero-order valence-electron chi connectivity index (χ0n) is 43.8. The van der Waals surface area contributed by atoms with Gasteiger partial charge in [-0.1, -0.05) is 70.4 Å². The standard InChI is InChI=1S/C59H61F9O11/c1-5-7-9-13-36-17-23-43(51(29-36)78-58(63,64)65)45-31-38-19-21-41(33-49(38)76-55(45)70)72-27-11-15-40(74-47-25-26-48(53(47)57(60,61)62)75-54(69)35(3)4)16-12-28-73-42-22-20-39-32-46(56(71)77-50(39)34-42)44-24-18-37(14-10-8-6-2)30-52(44)79-59(66,67)68/h17-24,29-34,40,47-48,53H,3,5-16,25-28H2,1-2,4H3. The third kappa shape index (κ3) is 16.8. The summed E-state index contributed by atoms with van der Waals surface area (Å²) < 4.78 is 168. The second-order valence-corrected chi connectivity index (χ2v) is 19.6. The number of hydrogen-bond acceptors (Lipinski definition) is 11. The van der Waals surface area contributed by atoms with Gasteiger partial charge in [0.2, 0.25) is 0 Å². The van der Waals surface area contributed by atoms with Crippen molar-refractivity contribution in [2.45, 2.75) is 148 Å². The summed E-state index contributed by atoms with van der Waals surface area (Å²) in [5.41, 5.74) is -1.01. The van der Waals surface area contributed by atoms with Crippen molar-refractivity contribution in [2.24, 2.45) is 5.92 Å². The number of fused-ring (bicyclic) bond motifs is 2. The summed E-state index contributed by atoms with van der Waals surface area (Å²) in [6.45, 7) is 8.88. The molecule has 0 amide bonds. The number of hydrogen-bond donors (Lipinski definition) is 0. The van der Waals surface area contributed by atoms with Crippen LogP contribution in [0.2, 0.25) is 0 Å². The molecule has 1 aliphatic rings. The van der Waals surface area contributed by atoms with Crippen LogP contribution >= 0.6 is 0 Å². The maximum atomic E-state index is 14.6. The van der Waals surface area contributed by atoms with Gasteiger partial charge >= 0.3 is 36.1 Å². The van der Waals surface area contributed by atoms with Crippen LogP contribution in [-0.4, -0.2) is 56.4 Å². The van der Waals surface area contributed by atoms with E-state index in [0.717, 1.165) is 38.5 Å². The lowest BCUT2D eigenvalue weighted by Gasteiger charge is -2.30. The summed E-state index contributed by atoms with van der Waals surface area (Å²) in [6.07, 6.45) is -11.5. The summed E-state index contributed by atoms with van der Waals surface area (Å²) in [5, 5.41) is 0.749. The highest BCUT2D eigenvalue weighted by Gasteiger charge is 2.55. The van der Waals surface area contributed by atoms with Crippen LogP contribution in [0.3, 0.4) is 0 Å². The Morgan fingerprint density at radius 1 is 0.595 bits per heavy atom. The topological polar surface area (TPSA) is 133 Å². The molecule has 0 saturated heterocycles. The zero-order chi connectivity index (χ0) is 57.1. The number of benzene rings is 4. The molecule has 7 rings (SSSR count). The second-order valence-electron chi connectivity index (χ2n) is 19.6. The van der Waals surface area contributed by atoms with Gasteiger partial charge in [-0.2, -0.15) is 13.2 Å². The molecule has 6 aromatic rings. The predicted molar refractivity (Wildman–Crippen MR) is 277 cm³/mol. The summed E-state index contributed by atoms with van der Waals surface area (Å²) in [5.74, 6) is -3.62. The number of aryl methyl sites for hydroxylation is 2. The summed E-state index contributed by atoms with van der Waals surface area (Å²) in [4.78, 5) is 38.9. The first-order valence-electron chi connectivity index (χ1n) is 26.3. The average molecular weight is 1120 g/mol. The van der Waals surface area contributed by atoms with Crippen molar-refractivity contribution in [2.75, 3.05) is 13.2 Å². The molecule has 1 aliphatic carbocycles. The molecule has 0 radical (unpaired) electrons. The van der Waals surface area contributed by atoms with E-state index >= 15 is 0 Å². The molecule has 0 spiro atoms. The molecule has 3 atom stereocenters. The van der Waals surface area contributed by atoms with Crippen molar-refractivity contribution in [1.29, 1.82) is 0 Å². The fraction of sp³-hybridized carbons (Fsp3) is 0.441. The van der Waals surface area contributed by atoms with Gasteiger partial charge in [-0.05, 0) is 131 Å². The van der Waals surface area contributed by atoms with Gasteiger partial charge in [0.15, 0.2) is 0 Å². The molecule has 1 fully saturated rings. The molecule has 11 nitrogen and oxygen atoms in total. The molecule has 4 aromatic carbocycles. The van der Waals surface area contributed by atoms with Gasteiger partial charge in [-0.3, -0.25) is 0 Å². The molecule has 0 aliphatic heterocycles. The molecular weight excluding hydrogens is 1060 g/mol. The lowest BCUT2D eigenvalue weighted by Crippen LogP contribution is -2.41. The first kappa shape index (κ1) is 59.7. The number of rotatable bonds is 26. The van der Waals surface area contributed by atoms with Gasteiger partial charge in [0.25, 0.3) is 0 Å². The monoisotopic (exact) mass is 1120 g/mol. The number of esters is 1. The quantitative estimate of drug-likeness (QED) is 0.0169. The lowest BCUT2D eigenvalue weighted by molar-refractivity contribution is -0.275. The summed E-state index contributed by atoms with van der Waals surface area (Å²) >= 11 is 0. The number of carbonyl (C=O) groups excluding carboxylic acids is 1. The van der Waals surface area contributed by atoms with Crippen LogP contribution in [0.5, 0.6) is 23.0 Å². The van der Waals surface area contributed by atoms with Crippen molar-refractivity contribution in [3.8, 4) is 45.3 Å². The molecule has 1 saturated carbocycles. The molecule has 20 heteroatoms. The van der Waals surface area contributed by atoms with E-state index in [1.165, 1.54) is 55.5 Å². The Hall–Kier alpha value is -6.96. The zero-order valence-corrected chi connectivity index (χ0v) is 43.8. The van der Waals surface area contributed by atoms with Crippen molar-refractivity contribution < 1.29 is 81.6 Å². The SMILES string of the molecule is C=C(C)C(=O)OC1CCC(OC(CCCOc2ccc3cc(-c4ccc(CCCCC)cc4OC(F)(F)F)c(=O)oc3c2)CCCOc2ccc3cc(-c4ccc(CCCCC)cc4OC(F)(F)F)c(=O)oc3c2)C1C(F)(F)F. The van der Waals surface area contributed by atoms with Crippen LogP contribution in [0.15, 0.2) is 116 Å². The molecule has 0 N–H and O–H groups in total. The van der Waals surface area contributed by atoms with Crippen molar-refractivity contribution in [1.82, 2.24) is 0 Å². The predicted octanol–water partition coefficient (Wildman–Crippen LogP) is 15.7. The van der Waals surface area contributed by atoms with Gasteiger partial charge in [0, 0.05) is 39.6 Å². The fourth-order valence-electron chi connectivity index (χ4n) is 9.61. The van der Waals surface area contributed by atoms with E-state index in [4.69, 9.17) is 27.8 Å². The minimum atomic E-state index is -5.02. The molecule has 3 unspecified atom stereocenters. The van der Waals surface area contributed by atoms with Crippen molar-refractivity contribution >= 4 is 27.9 Å². The smallest absolute Gasteiger partial charge is 0.493 e. The van der Waals surface area contributed by atoms with Crippen LogP contribution in [0.25, 0.3) is 44.2 Å². The van der Waals surface area contributed by atoms with Crippen LogP contribution in [0.4, 0.5) is 39.5 Å². The Kier molecular flexibility index (Phi) is 19.9. The number of ether oxygens (including phenoxy) is 6. The largest absolute Gasteiger partial charge is 0.573 e. The van der Waals surface area contributed by atoms with Gasteiger partial charge in [0.1, 0.15) is 46.2 Å². The van der Waals surface area contributed by atoms with Crippen LogP contribution in [0, 0.1) is 5.92 Å². The first-order chi connectivity index (χ1) is 37.5. The highest BCUT2D eigenvalue weighted by Crippen LogP contribution is 2.44. The Balaban J connectivity index is 1.03. The van der Waals surface area contributed by atoms with Crippen LogP contribution in [-0.2, 0) is 27.1 Å². The first-order valence-corrected chi connectivity index (χ1v) is 26.3. The second kappa shape index (κ2) is 26.3. The maximum absolute atomic E-state index is 14.6. The number of carbonyl (C=O) groups is 1. The van der Waals surface area contributed by atoms with E-state index in [9.17, 15) is 53.9 Å². The van der Waals surface area contributed by atoms with Crippen LogP contribution < -0.4 is 30.2 Å². The summed E-state index contributed by atoms with van der Waals surface area (Å²) in [6, 6.07) is 20.5. The molecule has 426 valence electrons. The molecular formula is C59H61F9O11. The van der Waals surface area contributed by atoms with Gasteiger partial charge in [0.05, 0.1) is 36.5 Å².